The summed E-state index contributed by atoms with van der Waals surface area (Å²) < 4.78 is 0. The Morgan fingerprint density at radius 1 is 1.07 bits per heavy atom. The van der Waals surface area contributed by atoms with Crippen molar-refractivity contribution >= 4 is 35.2 Å². The minimum Gasteiger partial charge on any atom is -0.352 e. The molecule has 0 fully saturated rings. The fourth-order valence-corrected chi connectivity index (χ4v) is 3.58. The maximum absolute atomic E-state index is 12.9. The number of hydrogen-bond acceptors (Lipinski definition) is 3. The van der Waals surface area contributed by atoms with Gasteiger partial charge in [0.2, 0.25) is 11.8 Å². The molecule has 0 aliphatic carbocycles. The van der Waals surface area contributed by atoms with Gasteiger partial charge in [0.1, 0.15) is 6.04 Å². The predicted octanol–water partition coefficient (Wildman–Crippen LogP) is 4.37. The van der Waals surface area contributed by atoms with Crippen molar-refractivity contribution in [3.8, 4) is 0 Å². The van der Waals surface area contributed by atoms with E-state index in [0.717, 1.165) is 10.5 Å². The van der Waals surface area contributed by atoms with Crippen LogP contribution < -0.4 is 5.32 Å². The first-order valence-electron chi connectivity index (χ1n) is 8.89. The maximum atomic E-state index is 12.9. The van der Waals surface area contributed by atoms with Crippen LogP contribution in [0.5, 0.6) is 0 Å². The molecule has 1 unspecified atom stereocenters. The summed E-state index contributed by atoms with van der Waals surface area (Å²) in [5, 5.41) is 3.49. The van der Waals surface area contributed by atoms with Crippen LogP contribution in [0, 0.1) is 0 Å². The fourth-order valence-electron chi connectivity index (χ4n) is 2.56. The van der Waals surface area contributed by atoms with Gasteiger partial charge in [-0.2, -0.15) is 0 Å². The van der Waals surface area contributed by atoms with Crippen LogP contribution in [0.1, 0.15) is 26.3 Å². The van der Waals surface area contributed by atoms with E-state index in [1.165, 1.54) is 11.8 Å². The molecule has 0 heterocycles. The molecule has 1 N–H and O–H groups in total. The molecular formula is C21H25ClN2O2S. The Hall–Kier alpha value is -1.98. The second-order valence-corrected chi connectivity index (χ2v) is 8.08. The summed E-state index contributed by atoms with van der Waals surface area (Å²) in [6.07, 6.45) is 0. The van der Waals surface area contributed by atoms with Gasteiger partial charge in [-0.15, -0.1) is 11.8 Å². The first-order chi connectivity index (χ1) is 12.9. The Balaban J connectivity index is 2.14. The highest BCUT2D eigenvalue weighted by Gasteiger charge is 2.26. The van der Waals surface area contributed by atoms with Gasteiger partial charge in [-0.05, 0) is 50.6 Å². The van der Waals surface area contributed by atoms with Crippen LogP contribution in [0.4, 0.5) is 0 Å². The molecule has 6 heteroatoms. The number of nitrogens with one attached hydrogen (secondary N) is 1. The van der Waals surface area contributed by atoms with E-state index < -0.39 is 6.04 Å². The molecule has 0 radical (unpaired) electrons. The van der Waals surface area contributed by atoms with E-state index in [0.29, 0.717) is 11.6 Å². The number of halogens is 1. The third kappa shape index (κ3) is 6.92. The topological polar surface area (TPSA) is 49.4 Å². The van der Waals surface area contributed by atoms with Crippen molar-refractivity contribution in [2.75, 3.05) is 5.75 Å². The van der Waals surface area contributed by atoms with Crippen LogP contribution >= 0.6 is 23.4 Å². The third-order valence-electron chi connectivity index (χ3n) is 3.95. The number of rotatable bonds is 8. The molecule has 2 aromatic carbocycles. The molecule has 0 saturated heterocycles. The van der Waals surface area contributed by atoms with Gasteiger partial charge < -0.3 is 10.2 Å². The molecule has 0 saturated carbocycles. The number of benzene rings is 2. The average molecular weight is 405 g/mol. The first kappa shape index (κ1) is 21.3. The number of thioether (sulfide) groups is 1. The molecule has 27 heavy (non-hydrogen) atoms. The molecule has 0 aliphatic heterocycles. The van der Waals surface area contributed by atoms with Gasteiger partial charge >= 0.3 is 0 Å². The molecule has 2 aromatic rings. The summed E-state index contributed by atoms with van der Waals surface area (Å²) >= 11 is 7.54. The Bertz CT molecular complexity index is 768. The van der Waals surface area contributed by atoms with Gasteiger partial charge in [-0.25, -0.2) is 0 Å². The van der Waals surface area contributed by atoms with Gasteiger partial charge in [-0.1, -0.05) is 41.9 Å². The van der Waals surface area contributed by atoms with Crippen LogP contribution in [0.2, 0.25) is 5.02 Å². The Kier molecular flexibility index (Phi) is 8.20. The maximum Gasteiger partial charge on any atom is 0.242 e. The van der Waals surface area contributed by atoms with E-state index in [1.807, 2.05) is 62.4 Å². The highest BCUT2D eigenvalue weighted by Crippen LogP contribution is 2.20. The Labute approximate surface area is 170 Å². The molecular weight excluding hydrogens is 380 g/mol. The summed E-state index contributed by atoms with van der Waals surface area (Å²) in [4.78, 5) is 28.1. The molecule has 0 spiro atoms. The van der Waals surface area contributed by atoms with E-state index in [9.17, 15) is 9.59 Å². The predicted molar refractivity (Wildman–Crippen MR) is 112 cm³/mol. The summed E-state index contributed by atoms with van der Waals surface area (Å²) in [5.41, 5.74) is 0.893. The van der Waals surface area contributed by atoms with Crippen molar-refractivity contribution in [2.24, 2.45) is 0 Å². The Morgan fingerprint density at radius 2 is 1.78 bits per heavy atom. The fraction of sp³-hybridized carbons (Fsp3) is 0.333. The van der Waals surface area contributed by atoms with Gasteiger partial charge in [0, 0.05) is 22.5 Å². The second-order valence-electron chi connectivity index (χ2n) is 6.59. The third-order valence-corrected chi connectivity index (χ3v) is 5.18. The minimum atomic E-state index is -0.574. The van der Waals surface area contributed by atoms with Gasteiger partial charge in [0.25, 0.3) is 0 Å². The summed E-state index contributed by atoms with van der Waals surface area (Å²) in [6, 6.07) is 16.6. The quantitative estimate of drug-likeness (QED) is 0.664. The normalized spacial score (nSPS) is 11.9. The largest absolute Gasteiger partial charge is 0.352 e. The van der Waals surface area contributed by atoms with E-state index in [1.54, 1.807) is 17.9 Å². The molecule has 0 aliphatic rings. The lowest BCUT2D eigenvalue weighted by Gasteiger charge is -2.29. The first-order valence-corrected chi connectivity index (χ1v) is 10.3. The molecule has 0 aromatic heterocycles. The van der Waals surface area contributed by atoms with Crippen molar-refractivity contribution in [1.29, 1.82) is 0 Å². The van der Waals surface area contributed by atoms with E-state index in [-0.39, 0.29) is 23.6 Å². The van der Waals surface area contributed by atoms with Crippen molar-refractivity contribution in [1.82, 2.24) is 10.2 Å². The lowest BCUT2D eigenvalue weighted by atomic mass is 10.1. The second kappa shape index (κ2) is 10.4. The summed E-state index contributed by atoms with van der Waals surface area (Å²) in [6.45, 7) is 5.90. The van der Waals surface area contributed by atoms with E-state index in [2.05, 4.69) is 5.32 Å². The van der Waals surface area contributed by atoms with Gasteiger partial charge in [0.15, 0.2) is 0 Å². The molecule has 4 nitrogen and oxygen atoms in total. The van der Waals surface area contributed by atoms with Gasteiger partial charge in [-0.3, -0.25) is 9.59 Å². The Morgan fingerprint density at radius 3 is 2.41 bits per heavy atom. The summed E-state index contributed by atoms with van der Waals surface area (Å²) in [5.74, 6) is 0.0180. The van der Waals surface area contributed by atoms with Crippen molar-refractivity contribution in [2.45, 2.75) is 44.3 Å². The van der Waals surface area contributed by atoms with Crippen LogP contribution in [0.15, 0.2) is 59.5 Å². The number of carbonyl (C=O) groups excluding carboxylic acids is 2. The highest BCUT2D eigenvalue weighted by atomic mass is 35.5. The van der Waals surface area contributed by atoms with Crippen LogP contribution in [-0.2, 0) is 16.1 Å². The van der Waals surface area contributed by atoms with E-state index >= 15 is 0 Å². The van der Waals surface area contributed by atoms with Crippen LogP contribution in [0.3, 0.4) is 0 Å². The minimum absolute atomic E-state index is 0.0155. The number of hydrogen-bond donors (Lipinski definition) is 1. The van der Waals surface area contributed by atoms with Crippen molar-refractivity contribution in [3.63, 3.8) is 0 Å². The molecule has 1 atom stereocenters. The zero-order chi connectivity index (χ0) is 19.8. The van der Waals surface area contributed by atoms with Crippen LogP contribution in [-0.4, -0.2) is 34.6 Å². The molecule has 144 valence electrons. The molecule has 2 rings (SSSR count). The number of amides is 2. The van der Waals surface area contributed by atoms with Gasteiger partial charge in [0.05, 0.1) is 5.75 Å². The molecule has 0 bridgehead atoms. The monoisotopic (exact) mass is 404 g/mol. The standard InChI is InChI=1S/C21H25ClN2O2S/c1-15(2)23-21(26)16(3)24(13-17-8-7-9-18(22)12-17)20(25)14-27-19-10-5-4-6-11-19/h4-12,15-16H,13-14H2,1-3H3,(H,23,26). The lowest BCUT2D eigenvalue weighted by Crippen LogP contribution is -2.49. The van der Waals surface area contributed by atoms with Crippen molar-refractivity contribution < 1.29 is 9.59 Å². The highest BCUT2D eigenvalue weighted by molar-refractivity contribution is 8.00. The SMILES string of the molecule is CC(C)NC(=O)C(C)N(Cc1cccc(Cl)c1)C(=O)CSc1ccccc1. The van der Waals surface area contributed by atoms with E-state index in [4.69, 9.17) is 11.6 Å². The molecule has 2 amide bonds. The van der Waals surface area contributed by atoms with Crippen molar-refractivity contribution in [3.05, 3.63) is 65.2 Å². The lowest BCUT2D eigenvalue weighted by molar-refractivity contribution is -0.138. The summed E-state index contributed by atoms with van der Waals surface area (Å²) in [7, 11) is 0. The van der Waals surface area contributed by atoms with Crippen LogP contribution in [0.25, 0.3) is 0 Å². The average Bonchev–Trinajstić information content (AvgIpc) is 2.64. The zero-order valence-electron chi connectivity index (χ0n) is 15.8. The zero-order valence-corrected chi connectivity index (χ0v) is 17.4. The smallest absolute Gasteiger partial charge is 0.242 e. The number of carbonyl (C=O) groups is 2. The number of nitrogens with zero attached hydrogens (tertiary/aromatic N) is 1.